The predicted molar refractivity (Wildman–Crippen MR) is 321 cm³/mol. The zero-order valence-corrected chi connectivity index (χ0v) is 47.3. The largest absolute Gasteiger partial charge is 0.509 e. The van der Waals surface area contributed by atoms with Crippen LogP contribution in [-0.2, 0) is 26.5 Å². The zero-order chi connectivity index (χ0) is 52.4. The van der Waals surface area contributed by atoms with Crippen molar-refractivity contribution in [3.63, 3.8) is 0 Å². The molecule has 1 aliphatic heterocycles. The second-order valence-corrected chi connectivity index (χ2v) is 24.5. The molecule has 2 unspecified atom stereocenters. The fourth-order valence-corrected chi connectivity index (χ4v) is 17.5. The van der Waals surface area contributed by atoms with Crippen molar-refractivity contribution in [2.24, 2.45) is 17.8 Å². The summed E-state index contributed by atoms with van der Waals surface area (Å²) in [6.07, 6.45) is 10.6. The van der Waals surface area contributed by atoms with Crippen molar-refractivity contribution in [1.82, 2.24) is 9.55 Å². The Morgan fingerprint density at radius 3 is 1.69 bits per heavy atom. The van der Waals surface area contributed by atoms with Gasteiger partial charge < -0.3 is 19.1 Å². The summed E-state index contributed by atoms with van der Waals surface area (Å²) in [6, 6.07) is 82.1. The first kappa shape index (κ1) is 47.8. The molecule has 8 bridgehead atoms. The Morgan fingerprint density at radius 2 is 1.06 bits per heavy atom. The van der Waals surface area contributed by atoms with Crippen molar-refractivity contribution < 1.29 is 25.8 Å². The number of nitrogens with zero attached hydrogens (tertiary/aromatic N) is 4. The van der Waals surface area contributed by atoms with E-state index in [1.165, 1.54) is 99.7 Å². The van der Waals surface area contributed by atoms with Crippen LogP contribution in [0.5, 0.6) is 11.5 Å². The van der Waals surface area contributed by atoms with E-state index in [1.807, 2.05) is 12.1 Å². The monoisotopic (exact) mass is 1220 g/mol. The van der Waals surface area contributed by atoms with E-state index in [0.717, 1.165) is 68.1 Å². The second kappa shape index (κ2) is 18.0. The van der Waals surface area contributed by atoms with Gasteiger partial charge in [0.05, 0.1) is 0 Å². The van der Waals surface area contributed by atoms with Crippen LogP contribution >= 0.6 is 0 Å². The molecule has 0 radical (unpaired) electrons. The van der Waals surface area contributed by atoms with Crippen LogP contribution in [0.4, 0.5) is 22.7 Å². The number of hydrogen-bond donors (Lipinski definition) is 0. The summed E-state index contributed by atoms with van der Waals surface area (Å²) in [7, 11) is 0. The average molecular weight is 1230 g/mol. The third kappa shape index (κ3) is 7.10. The number of pyridine rings is 1. The van der Waals surface area contributed by atoms with Crippen LogP contribution in [-0.4, -0.2) is 9.55 Å². The van der Waals surface area contributed by atoms with Crippen molar-refractivity contribution in [3.05, 3.63) is 281 Å². The van der Waals surface area contributed by atoms with Crippen LogP contribution in [0, 0.1) is 43.5 Å². The maximum atomic E-state index is 6.78. The molecule has 9 aromatic carbocycles. The summed E-state index contributed by atoms with van der Waals surface area (Å²) in [5.41, 5.74) is 23.5. The van der Waals surface area contributed by atoms with E-state index < -0.39 is 0 Å². The van der Waals surface area contributed by atoms with Gasteiger partial charge in [0.15, 0.2) is 0 Å². The SMILES string of the molecule is Cc1cc(-n2c3[c-]c(Oc4[c-]c(N5[CH-]N(c6ccc7c(c6)C6c8ccccc8C7C7c8ccccc8C6c6ccccc67)c6ccccc65)ccc4)ccc3c3ccccc32)ncc1-c1ccc(C23CC4CC(CC(C4)C2)C3)cc1.[Pt]. The summed E-state index contributed by atoms with van der Waals surface area (Å²) in [6.45, 7) is 4.44. The van der Waals surface area contributed by atoms with Crippen molar-refractivity contribution >= 4 is 44.6 Å². The van der Waals surface area contributed by atoms with Gasteiger partial charge in [0.1, 0.15) is 5.82 Å². The van der Waals surface area contributed by atoms with Gasteiger partial charge in [0, 0.05) is 90.6 Å². The van der Waals surface area contributed by atoms with Crippen LogP contribution in [0.3, 0.4) is 0 Å². The molecule has 6 heteroatoms. The Balaban J connectivity index is 0.00000523. The first-order chi connectivity index (χ1) is 39.5. The number of hydrogen-bond acceptors (Lipinski definition) is 4. The van der Waals surface area contributed by atoms with Gasteiger partial charge in [-0.25, -0.2) is 4.98 Å². The summed E-state index contributed by atoms with van der Waals surface area (Å²) < 4.78 is 9.02. The van der Waals surface area contributed by atoms with Crippen molar-refractivity contribution in [1.29, 1.82) is 0 Å². The standard InChI is InChI=1S/C75H57N4O.Pt/c1-45-33-70(76-43-65(45)49-25-27-50(28-26-49)75-40-46-34-47(41-75)36-48(35-46)42-75)79-66-22-9-8-15-55(66)56-32-30-54(39-69(56)79)80-53-14-12-13-51(37-53)77-44-78(68-24-11-10-23-67(68)77)52-29-31-63-64(38-52)74-62-21-7-6-20-61(62)73(63)71-57-16-2-4-18-59(57)72(74)60-19-5-3-17-58(60)71;/h2-33,38,43-44,46-48,71-74H,34-36,40-42H2,1H3;/q-3;. The molecule has 0 saturated heterocycles. The smallest absolute Gasteiger partial charge is 0.135 e. The third-order valence-electron chi connectivity index (χ3n) is 20.3. The number of fused-ring (bicyclic) bond motifs is 4. The molecule has 0 spiro atoms. The van der Waals surface area contributed by atoms with E-state index in [2.05, 4.69) is 234 Å². The Kier molecular flexibility index (Phi) is 10.6. The summed E-state index contributed by atoms with van der Waals surface area (Å²) in [4.78, 5) is 9.81. The fourth-order valence-electron chi connectivity index (χ4n) is 17.5. The molecule has 0 N–H and O–H groups in total. The van der Waals surface area contributed by atoms with Crippen LogP contribution in [0.25, 0.3) is 38.8 Å². The summed E-state index contributed by atoms with van der Waals surface area (Å²) >= 11 is 0. The van der Waals surface area contributed by atoms with E-state index in [4.69, 9.17) is 9.72 Å². The Morgan fingerprint density at radius 1 is 0.506 bits per heavy atom. The van der Waals surface area contributed by atoms with Crippen LogP contribution in [0.2, 0.25) is 0 Å². The van der Waals surface area contributed by atoms with Crippen LogP contribution in [0.15, 0.2) is 206 Å². The van der Waals surface area contributed by atoms with Gasteiger partial charge in [-0.2, -0.15) is 12.1 Å². The van der Waals surface area contributed by atoms with Crippen LogP contribution in [0.1, 0.15) is 118 Å². The minimum Gasteiger partial charge on any atom is -0.509 e. The molecular formula is C75H57N4OPt-3. The molecule has 0 amide bonds. The summed E-state index contributed by atoms with van der Waals surface area (Å²) in [5.74, 6) is 5.71. The molecule has 10 aliphatic carbocycles. The van der Waals surface area contributed by atoms with Gasteiger partial charge in [-0.1, -0.05) is 139 Å². The van der Waals surface area contributed by atoms with Gasteiger partial charge in [0.2, 0.25) is 0 Å². The predicted octanol–water partition coefficient (Wildman–Crippen LogP) is 18.3. The molecule has 2 atom stereocenters. The molecule has 396 valence electrons. The molecule has 22 rings (SSSR count). The van der Waals surface area contributed by atoms with Crippen molar-refractivity contribution in [2.75, 3.05) is 9.80 Å². The maximum Gasteiger partial charge on any atom is 0.135 e. The van der Waals surface area contributed by atoms with E-state index in [9.17, 15) is 0 Å². The molecule has 4 saturated carbocycles. The number of rotatable bonds is 7. The normalized spacial score (nSPS) is 23.8. The number of ether oxygens (including phenoxy) is 1. The average Bonchev–Trinajstić information content (AvgIpc) is 4.19. The molecule has 4 fully saturated rings. The molecule has 5 nitrogen and oxygen atoms in total. The van der Waals surface area contributed by atoms with Crippen molar-refractivity contribution in [3.8, 4) is 28.4 Å². The number of aryl methyl sites for hydroxylation is 1. The number of aromatic nitrogens is 2. The van der Waals surface area contributed by atoms with Gasteiger partial charge in [-0.3, -0.25) is 0 Å². The molecule has 3 heterocycles. The molecule has 2 aromatic heterocycles. The quantitative estimate of drug-likeness (QED) is 0.149. The van der Waals surface area contributed by atoms with Gasteiger partial charge >= 0.3 is 0 Å². The fraction of sp³-hybridized carbons (Fsp3) is 0.200. The third-order valence-corrected chi connectivity index (χ3v) is 20.3. The van der Waals surface area contributed by atoms with E-state index in [1.54, 1.807) is 5.56 Å². The maximum absolute atomic E-state index is 6.78. The molecule has 11 aromatic rings. The van der Waals surface area contributed by atoms with Crippen molar-refractivity contribution in [2.45, 2.75) is 74.5 Å². The second-order valence-electron chi connectivity index (χ2n) is 24.5. The van der Waals surface area contributed by atoms with Gasteiger partial charge in [0.25, 0.3) is 0 Å². The number of para-hydroxylation sites is 3. The Bertz CT molecular complexity index is 4300. The first-order valence-electron chi connectivity index (χ1n) is 29.1. The first-order valence-corrected chi connectivity index (χ1v) is 29.1. The Hall–Kier alpha value is -7.98. The van der Waals surface area contributed by atoms with E-state index in [-0.39, 0.29) is 44.7 Å². The molecule has 11 aliphatic rings. The minimum atomic E-state index is 0. The number of anilines is 4. The van der Waals surface area contributed by atoms with Gasteiger partial charge in [-0.05, 0) is 172 Å². The molecule has 81 heavy (non-hydrogen) atoms. The minimum absolute atomic E-state index is 0. The van der Waals surface area contributed by atoms with E-state index in [0.29, 0.717) is 16.9 Å². The Labute approximate surface area is 488 Å². The van der Waals surface area contributed by atoms with Gasteiger partial charge in [-0.15, -0.1) is 48.1 Å². The van der Waals surface area contributed by atoms with Crippen LogP contribution < -0.4 is 14.5 Å². The topological polar surface area (TPSA) is 33.5 Å². The molecular weight excluding hydrogens is 1170 g/mol. The zero-order valence-electron chi connectivity index (χ0n) is 45.0. The summed E-state index contributed by atoms with van der Waals surface area (Å²) in [5, 5.41) is 2.26. The number of benzene rings is 9. The van der Waals surface area contributed by atoms with E-state index >= 15 is 0 Å².